The fourth-order valence-electron chi connectivity index (χ4n) is 1.98. The van der Waals surface area contributed by atoms with Gasteiger partial charge in [-0.2, -0.15) is 5.26 Å². The molecule has 0 aromatic heterocycles. The number of carbonyl (C=O) groups excluding carboxylic acids is 1. The summed E-state index contributed by atoms with van der Waals surface area (Å²) in [5.74, 6) is -0.353. The largest absolute Gasteiger partial charge is 0.383 e. The van der Waals surface area contributed by atoms with Gasteiger partial charge in [0.1, 0.15) is 11.6 Å². The molecule has 1 amide bonds. The summed E-state index contributed by atoms with van der Waals surface area (Å²) in [6.45, 7) is 5.78. The van der Waals surface area contributed by atoms with E-state index in [0.29, 0.717) is 19.7 Å². The van der Waals surface area contributed by atoms with Crippen LogP contribution in [0.1, 0.15) is 0 Å². The predicted octanol–water partition coefficient (Wildman–Crippen LogP) is -1.27. The van der Waals surface area contributed by atoms with E-state index in [9.17, 15) is 4.79 Å². The molecule has 7 heteroatoms. The molecule has 0 aromatic rings. The van der Waals surface area contributed by atoms with Crippen molar-refractivity contribution >= 4 is 5.91 Å². The van der Waals surface area contributed by atoms with E-state index in [1.54, 1.807) is 13.3 Å². The Kier molecular flexibility index (Phi) is 7.65. The number of methoxy groups -OCH3 is 1. The summed E-state index contributed by atoms with van der Waals surface area (Å²) in [7, 11) is 1.56. The van der Waals surface area contributed by atoms with E-state index in [4.69, 9.17) is 15.7 Å². The van der Waals surface area contributed by atoms with Gasteiger partial charge in [-0.25, -0.2) is 0 Å². The number of nitrogens with one attached hydrogen (secondary N) is 1. The first-order valence-electron chi connectivity index (χ1n) is 6.76. The Balaban J connectivity index is 2.45. The minimum Gasteiger partial charge on any atom is -0.383 e. The van der Waals surface area contributed by atoms with Crippen LogP contribution in [-0.2, 0) is 9.53 Å². The molecule has 0 atom stereocenters. The van der Waals surface area contributed by atoms with E-state index in [1.165, 1.54) is 0 Å². The number of carbonyl (C=O) groups is 1. The Labute approximate surface area is 120 Å². The number of piperazine rings is 1. The van der Waals surface area contributed by atoms with Gasteiger partial charge in [0.05, 0.1) is 6.61 Å². The minimum atomic E-state index is -0.353. The summed E-state index contributed by atoms with van der Waals surface area (Å²) in [4.78, 5) is 16.1. The van der Waals surface area contributed by atoms with Gasteiger partial charge >= 0.3 is 0 Å². The van der Waals surface area contributed by atoms with E-state index in [0.717, 1.165) is 32.7 Å². The summed E-state index contributed by atoms with van der Waals surface area (Å²) in [5, 5.41) is 11.7. The molecule has 1 aliphatic heterocycles. The van der Waals surface area contributed by atoms with Crippen molar-refractivity contribution in [1.82, 2.24) is 15.1 Å². The van der Waals surface area contributed by atoms with Gasteiger partial charge in [-0.15, -0.1) is 0 Å². The van der Waals surface area contributed by atoms with Crippen molar-refractivity contribution in [3.63, 3.8) is 0 Å². The van der Waals surface area contributed by atoms with Crippen LogP contribution in [0.4, 0.5) is 0 Å². The van der Waals surface area contributed by atoms with Crippen LogP contribution >= 0.6 is 0 Å². The number of amides is 1. The van der Waals surface area contributed by atoms with Crippen molar-refractivity contribution in [1.29, 1.82) is 5.26 Å². The van der Waals surface area contributed by atoms with Gasteiger partial charge in [0, 0.05) is 59.1 Å². The van der Waals surface area contributed by atoms with Crippen molar-refractivity contribution in [2.24, 2.45) is 5.73 Å². The average Bonchev–Trinajstić information content (AvgIpc) is 2.47. The third kappa shape index (κ3) is 5.57. The van der Waals surface area contributed by atoms with Crippen LogP contribution in [0.5, 0.6) is 0 Å². The Morgan fingerprint density at radius 1 is 1.45 bits per heavy atom. The maximum absolute atomic E-state index is 11.8. The second-order valence-electron chi connectivity index (χ2n) is 4.57. The third-order valence-corrected chi connectivity index (χ3v) is 3.12. The minimum absolute atomic E-state index is 0.133. The van der Waals surface area contributed by atoms with Gasteiger partial charge in [-0.3, -0.25) is 9.69 Å². The number of nitrogens with zero attached hydrogens (tertiary/aromatic N) is 3. The molecule has 1 heterocycles. The fraction of sp³-hybridized carbons (Fsp3) is 0.692. The molecule has 1 rings (SSSR count). The molecule has 3 N–H and O–H groups in total. The van der Waals surface area contributed by atoms with Gasteiger partial charge in [0.2, 0.25) is 0 Å². The Morgan fingerprint density at radius 3 is 2.70 bits per heavy atom. The average molecular weight is 281 g/mol. The van der Waals surface area contributed by atoms with Gasteiger partial charge in [0.15, 0.2) is 0 Å². The van der Waals surface area contributed by atoms with E-state index >= 15 is 0 Å². The fourth-order valence-corrected chi connectivity index (χ4v) is 1.98. The van der Waals surface area contributed by atoms with Gasteiger partial charge in [-0.1, -0.05) is 0 Å². The monoisotopic (exact) mass is 281 g/mol. The summed E-state index contributed by atoms with van der Waals surface area (Å²) in [6.07, 6.45) is 1.64. The van der Waals surface area contributed by atoms with E-state index in [-0.39, 0.29) is 11.5 Å². The zero-order valence-corrected chi connectivity index (χ0v) is 12.0. The van der Waals surface area contributed by atoms with Crippen LogP contribution < -0.4 is 11.1 Å². The summed E-state index contributed by atoms with van der Waals surface area (Å²) in [5.41, 5.74) is 5.65. The first-order chi connectivity index (χ1) is 9.71. The number of ether oxygens (including phenoxy) is 1. The normalized spacial score (nSPS) is 16.9. The van der Waals surface area contributed by atoms with E-state index in [2.05, 4.69) is 10.2 Å². The van der Waals surface area contributed by atoms with Crippen LogP contribution in [0.25, 0.3) is 0 Å². The zero-order valence-electron chi connectivity index (χ0n) is 12.0. The van der Waals surface area contributed by atoms with Crippen molar-refractivity contribution < 1.29 is 9.53 Å². The smallest absolute Gasteiger partial charge is 0.263 e. The summed E-state index contributed by atoms with van der Waals surface area (Å²) >= 11 is 0. The molecule has 0 radical (unpaired) electrons. The number of rotatable bonds is 7. The molecule has 1 aliphatic rings. The van der Waals surface area contributed by atoms with Crippen molar-refractivity contribution in [3.05, 3.63) is 11.8 Å². The molecular formula is C13H23N5O2. The van der Waals surface area contributed by atoms with Gasteiger partial charge in [0.25, 0.3) is 5.91 Å². The highest BCUT2D eigenvalue weighted by molar-refractivity contribution is 5.97. The first kappa shape index (κ1) is 16.4. The molecular weight excluding hydrogens is 258 g/mol. The lowest BCUT2D eigenvalue weighted by molar-refractivity contribution is -0.117. The number of hydrogen-bond donors (Lipinski definition) is 2. The van der Waals surface area contributed by atoms with Crippen molar-refractivity contribution in [3.8, 4) is 6.07 Å². The van der Waals surface area contributed by atoms with Crippen LogP contribution in [-0.4, -0.2) is 75.2 Å². The molecule has 0 aromatic carbocycles. The predicted molar refractivity (Wildman–Crippen MR) is 75.6 cm³/mol. The Hall–Kier alpha value is -1.62. The number of hydrogen-bond acceptors (Lipinski definition) is 6. The molecule has 1 fully saturated rings. The third-order valence-electron chi connectivity index (χ3n) is 3.12. The number of nitriles is 1. The molecule has 20 heavy (non-hydrogen) atoms. The van der Waals surface area contributed by atoms with Crippen molar-refractivity contribution in [2.75, 3.05) is 59.5 Å². The highest BCUT2D eigenvalue weighted by atomic mass is 16.5. The van der Waals surface area contributed by atoms with Gasteiger partial charge < -0.3 is 20.7 Å². The van der Waals surface area contributed by atoms with Gasteiger partial charge in [-0.05, 0) is 0 Å². The molecule has 0 spiro atoms. The lowest BCUT2D eigenvalue weighted by Gasteiger charge is -2.33. The lowest BCUT2D eigenvalue weighted by atomic mass is 10.2. The van der Waals surface area contributed by atoms with Crippen LogP contribution in [0, 0.1) is 11.3 Å². The highest BCUT2D eigenvalue weighted by Crippen LogP contribution is 2.04. The maximum atomic E-state index is 11.8. The topological polar surface area (TPSA) is 94.6 Å². The second-order valence-corrected chi connectivity index (χ2v) is 4.57. The van der Waals surface area contributed by atoms with E-state index < -0.39 is 0 Å². The second kappa shape index (κ2) is 9.31. The molecule has 0 saturated carbocycles. The number of nitrogens with two attached hydrogens (primary N) is 1. The standard InChI is InChI=1S/C13H23N5O2/c1-20-9-3-16-13(19)12(10-15)11-18-7-5-17(4-2-14)6-8-18/h11H,2-9,14H2,1H3,(H,16,19)/b12-11-. The highest BCUT2D eigenvalue weighted by Gasteiger charge is 2.16. The quantitative estimate of drug-likeness (QED) is 0.343. The molecule has 0 bridgehead atoms. The molecule has 0 aliphatic carbocycles. The Morgan fingerprint density at radius 2 is 2.15 bits per heavy atom. The molecule has 7 nitrogen and oxygen atoms in total. The summed E-state index contributed by atoms with van der Waals surface area (Å²) < 4.78 is 4.85. The Bertz CT molecular complexity index is 369. The van der Waals surface area contributed by atoms with Crippen molar-refractivity contribution in [2.45, 2.75) is 0 Å². The summed E-state index contributed by atoms with van der Waals surface area (Å²) in [6, 6.07) is 1.95. The molecule has 1 saturated heterocycles. The van der Waals surface area contributed by atoms with E-state index in [1.807, 2.05) is 11.0 Å². The molecule has 0 unspecified atom stereocenters. The van der Waals surface area contributed by atoms with Crippen LogP contribution in [0.2, 0.25) is 0 Å². The first-order valence-corrected chi connectivity index (χ1v) is 6.76. The maximum Gasteiger partial charge on any atom is 0.263 e. The zero-order chi connectivity index (χ0) is 14.8. The van der Waals surface area contributed by atoms with Crippen LogP contribution in [0.15, 0.2) is 11.8 Å². The lowest BCUT2D eigenvalue weighted by Crippen LogP contribution is -2.46. The SMILES string of the molecule is COCCNC(=O)/C(C#N)=C\N1CCN(CCN)CC1. The van der Waals surface area contributed by atoms with Crippen LogP contribution in [0.3, 0.4) is 0 Å². The molecule has 112 valence electrons.